The molecule has 0 spiro atoms. The van der Waals surface area contributed by atoms with E-state index in [2.05, 4.69) is 31.9 Å². The van der Waals surface area contributed by atoms with Gasteiger partial charge in [0.15, 0.2) is 0 Å². The van der Waals surface area contributed by atoms with E-state index in [0.717, 1.165) is 4.47 Å². The van der Waals surface area contributed by atoms with Gasteiger partial charge in [-0.2, -0.15) is 0 Å². The summed E-state index contributed by atoms with van der Waals surface area (Å²) in [6.45, 7) is 0. The third-order valence-corrected chi connectivity index (χ3v) is 3.57. The zero-order valence-electron chi connectivity index (χ0n) is 9.19. The molecule has 0 N–H and O–H groups in total. The number of rotatable bonds is 3. The smallest absolute Gasteiger partial charge is 0.234 e. The van der Waals surface area contributed by atoms with Crippen molar-refractivity contribution in [1.29, 1.82) is 0 Å². The molecule has 0 amide bonds. The first kappa shape index (κ1) is 13.2. The molecule has 2 nitrogen and oxygen atoms in total. The molecule has 0 aliphatic carbocycles. The lowest BCUT2D eigenvalue weighted by atomic mass is 10.0. The van der Waals surface area contributed by atoms with Crippen LogP contribution in [0.2, 0.25) is 0 Å². The minimum Gasteiger partial charge on any atom is -0.285 e. The van der Waals surface area contributed by atoms with Gasteiger partial charge in [-0.15, -0.1) is 0 Å². The normalized spacial score (nSPS) is 10.1. The van der Waals surface area contributed by atoms with E-state index in [9.17, 15) is 9.59 Å². The highest BCUT2D eigenvalue weighted by Gasteiger charge is 2.20. The Labute approximate surface area is 121 Å². The lowest BCUT2D eigenvalue weighted by Gasteiger charge is -2.03. The minimum absolute atomic E-state index is 0.368. The number of hydrogen-bond acceptors (Lipinski definition) is 2. The van der Waals surface area contributed by atoms with Gasteiger partial charge >= 0.3 is 0 Å². The summed E-state index contributed by atoms with van der Waals surface area (Å²) in [5.74, 6) is -1.01. The average Bonchev–Trinajstić information content (AvgIpc) is 2.38. The van der Waals surface area contributed by atoms with E-state index in [4.69, 9.17) is 0 Å². The zero-order chi connectivity index (χ0) is 13.1. The average molecular weight is 368 g/mol. The summed E-state index contributed by atoms with van der Waals surface area (Å²) in [6.07, 6.45) is 0. The summed E-state index contributed by atoms with van der Waals surface area (Å²) in [7, 11) is 0. The lowest BCUT2D eigenvalue weighted by molar-refractivity contribution is 0.0816. The van der Waals surface area contributed by atoms with Crippen molar-refractivity contribution < 1.29 is 9.59 Å². The summed E-state index contributed by atoms with van der Waals surface area (Å²) in [5.41, 5.74) is 0.768. The topological polar surface area (TPSA) is 34.1 Å². The maximum Gasteiger partial charge on any atom is 0.234 e. The fourth-order valence-electron chi connectivity index (χ4n) is 1.52. The lowest BCUT2D eigenvalue weighted by Crippen LogP contribution is -2.14. The molecule has 0 saturated heterocycles. The monoisotopic (exact) mass is 366 g/mol. The van der Waals surface area contributed by atoms with E-state index >= 15 is 0 Å². The number of carbonyl (C=O) groups is 2. The molecule has 4 heteroatoms. The van der Waals surface area contributed by atoms with Crippen molar-refractivity contribution in [2.45, 2.75) is 0 Å². The van der Waals surface area contributed by atoms with Crippen LogP contribution in [0, 0.1) is 0 Å². The molecule has 0 bridgehead atoms. The number of hydrogen-bond donors (Lipinski definition) is 0. The Bertz CT molecular complexity index is 606. The van der Waals surface area contributed by atoms with Gasteiger partial charge in [-0.05, 0) is 34.1 Å². The third-order valence-electron chi connectivity index (χ3n) is 2.42. The summed E-state index contributed by atoms with van der Waals surface area (Å²) < 4.78 is 1.45. The van der Waals surface area contributed by atoms with Gasteiger partial charge < -0.3 is 0 Å². The van der Waals surface area contributed by atoms with Gasteiger partial charge in [0.25, 0.3) is 0 Å². The first-order valence-electron chi connectivity index (χ1n) is 5.18. The molecule has 0 saturated carbocycles. The standard InChI is InChI=1S/C14H8Br2O2/c15-10-6-7-11(12(16)8-10)14(18)13(17)9-4-2-1-3-5-9/h1-8H. The molecule has 2 aromatic rings. The van der Waals surface area contributed by atoms with Crippen LogP contribution in [0.1, 0.15) is 20.7 Å². The highest BCUT2D eigenvalue weighted by Crippen LogP contribution is 2.23. The number of ketones is 2. The molecule has 2 aromatic carbocycles. The SMILES string of the molecule is O=C(C(=O)c1ccc(Br)cc1Br)c1ccccc1. The molecule has 2 rings (SSSR count). The quantitative estimate of drug-likeness (QED) is 0.599. The maximum atomic E-state index is 12.1. The molecule has 18 heavy (non-hydrogen) atoms. The predicted octanol–water partition coefficient (Wildman–Crippen LogP) is 4.28. The fourth-order valence-corrected chi connectivity index (χ4v) is 2.74. The number of halogens is 2. The Morgan fingerprint density at radius 1 is 0.833 bits per heavy atom. The molecule has 0 aliphatic heterocycles. The van der Waals surface area contributed by atoms with Crippen LogP contribution in [0.15, 0.2) is 57.5 Å². The summed E-state index contributed by atoms with van der Waals surface area (Å²) >= 11 is 6.59. The van der Waals surface area contributed by atoms with Crippen LogP contribution in [-0.4, -0.2) is 11.6 Å². The number of Topliss-reactive ketones (excluding diaryl/α,β-unsaturated/α-hetero) is 2. The first-order valence-corrected chi connectivity index (χ1v) is 6.77. The highest BCUT2D eigenvalue weighted by atomic mass is 79.9. The first-order chi connectivity index (χ1) is 8.59. The Kier molecular flexibility index (Phi) is 4.09. The van der Waals surface area contributed by atoms with Crippen molar-refractivity contribution in [3.8, 4) is 0 Å². The van der Waals surface area contributed by atoms with Crippen molar-refractivity contribution in [2.24, 2.45) is 0 Å². The molecule has 0 aromatic heterocycles. The molecular weight excluding hydrogens is 360 g/mol. The highest BCUT2D eigenvalue weighted by molar-refractivity contribution is 9.11. The Morgan fingerprint density at radius 2 is 1.50 bits per heavy atom. The molecule has 0 unspecified atom stereocenters. The minimum atomic E-state index is -0.513. The zero-order valence-corrected chi connectivity index (χ0v) is 12.4. The van der Waals surface area contributed by atoms with Crippen molar-refractivity contribution in [3.63, 3.8) is 0 Å². The van der Waals surface area contributed by atoms with Gasteiger partial charge in [0.1, 0.15) is 0 Å². The van der Waals surface area contributed by atoms with Gasteiger partial charge in [0, 0.05) is 20.1 Å². The second-order valence-corrected chi connectivity index (χ2v) is 5.42. The van der Waals surface area contributed by atoms with E-state index < -0.39 is 11.6 Å². The van der Waals surface area contributed by atoms with Crippen molar-refractivity contribution in [3.05, 3.63) is 68.6 Å². The van der Waals surface area contributed by atoms with Crippen LogP contribution in [0.25, 0.3) is 0 Å². The van der Waals surface area contributed by atoms with E-state index in [-0.39, 0.29) is 0 Å². The van der Waals surface area contributed by atoms with Gasteiger partial charge in [0.2, 0.25) is 11.6 Å². The van der Waals surface area contributed by atoms with Crippen molar-refractivity contribution in [2.75, 3.05) is 0 Å². The van der Waals surface area contributed by atoms with E-state index in [1.54, 1.807) is 48.5 Å². The van der Waals surface area contributed by atoms with Crippen LogP contribution in [0.4, 0.5) is 0 Å². The Morgan fingerprint density at radius 3 is 2.11 bits per heavy atom. The van der Waals surface area contributed by atoms with Crippen molar-refractivity contribution >= 4 is 43.4 Å². The van der Waals surface area contributed by atoms with Gasteiger partial charge in [0.05, 0.1) is 0 Å². The second-order valence-electron chi connectivity index (χ2n) is 3.65. The predicted molar refractivity (Wildman–Crippen MR) is 76.9 cm³/mol. The molecular formula is C14H8Br2O2. The van der Waals surface area contributed by atoms with Crippen molar-refractivity contribution in [1.82, 2.24) is 0 Å². The number of carbonyl (C=O) groups excluding carboxylic acids is 2. The molecule has 0 radical (unpaired) electrons. The number of benzene rings is 2. The molecule has 90 valence electrons. The van der Waals surface area contributed by atoms with E-state index in [1.807, 2.05) is 0 Å². The van der Waals surface area contributed by atoms with Crippen LogP contribution >= 0.6 is 31.9 Å². The van der Waals surface area contributed by atoms with Crippen LogP contribution in [0.5, 0.6) is 0 Å². The molecule has 0 heterocycles. The van der Waals surface area contributed by atoms with Gasteiger partial charge in [-0.1, -0.05) is 46.3 Å². The molecule has 0 aliphatic rings. The van der Waals surface area contributed by atoms with Crippen LogP contribution in [0.3, 0.4) is 0 Å². The van der Waals surface area contributed by atoms with Gasteiger partial charge in [-0.25, -0.2) is 0 Å². The fraction of sp³-hybridized carbons (Fsp3) is 0. The van der Waals surface area contributed by atoms with E-state index in [0.29, 0.717) is 15.6 Å². The maximum absolute atomic E-state index is 12.1. The second kappa shape index (κ2) is 5.59. The third kappa shape index (κ3) is 2.76. The van der Waals surface area contributed by atoms with Gasteiger partial charge in [-0.3, -0.25) is 9.59 Å². The Hall–Kier alpha value is -1.26. The largest absolute Gasteiger partial charge is 0.285 e. The van der Waals surface area contributed by atoms with E-state index in [1.165, 1.54) is 0 Å². The molecule has 0 atom stereocenters. The van der Waals surface area contributed by atoms with Crippen LogP contribution < -0.4 is 0 Å². The Balaban J connectivity index is 2.35. The summed E-state index contributed by atoms with van der Waals surface area (Å²) in [6, 6.07) is 13.6. The summed E-state index contributed by atoms with van der Waals surface area (Å²) in [5, 5.41) is 0. The summed E-state index contributed by atoms with van der Waals surface area (Å²) in [4.78, 5) is 24.1. The van der Waals surface area contributed by atoms with Crippen LogP contribution in [-0.2, 0) is 0 Å². The molecule has 0 fully saturated rings.